The van der Waals surface area contributed by atoms with Crippen LogP contribution in [0, 0.1) is 0 Å². The molecule has 0 spiro atoms. The SMILES string of the molecule is C=CCn1c(SCC(=O)NC(C)c2cccs2)nc2scc(-c3cccs3)c2c1=O. The number of allylic oxidation sites excluding steroid dienone is 1. The molecule has 5 nitrogen and oxygen atoms in total. The zero-order valence-corrected chi connectivity index (χ0v) is 19.4. The van der Waals surface area contributed by atoms with Crippen molar-refractivity contribution >= 4 is 61.9 Å². The lowest BCUT2D eigenvalue weighted by Gasteiger charge is -2.13. The van der Waals surface area contributed by atoms with Crippen LogP contribution >= 0.6 is 45.8 Å². The average molecular weight is 474 g/mol. The molecule has 30 heavy (non-hydrogen) atoms. The summed E-state index contributed by atoms with van der Waals surface area (Å²) in [6.07, 6.45) is 1.68. The molecule has 1 unspecified atom stereocenters. The van der Waals surface area contributed by atoms with Crippen molar-refractivity contribution in [3.63, 3.8) is 0 Å². The third-order valence-corrected chi connectivity index (χ3v) is 8.24. The van der Waals surface area contributed by atoms with Crippen molar-refractivity contribution in [3.05, 3.63) is 68.3 Å². The van der Waals surface area contributed by atoms with Gasteiger partial charge in [0.05, 0.1) is 17.2 Å². The number of carbonyl (C=O) groups is 1. The van der Waals surface area contributed by atoms with Crippen molar-refractivity contribution in [1.29, 1.82) is 0 Å². The molecule has 0 aliphatic carbocycles. The number of nitrogens with one attached hydrogen (secondary N) is 1. The molecular weight excluding hydrogens is 455 g/mol. The highest BCUT2D eigenvalue weighted by atomic mass is 32.2. The van der Waals surface area contributed by atoms with Crippen LogP contribution in [0.1, 0.15) is 17.8 Å². The summed E-state index contributed by atoms with van der Waals surface area (Å²) in [7, 11) is 0. The van der Waals surface area contributed by atoms with Gasteiger partial charge in [-0.15, -0.1) is 40.6 Å². The van der Waals surface area contributed by atoms with Crippen LogP contribution in [0.15, 0.2) is 63.0 Å². The van der Waals surface area contributed by atoms with Crippen LogP contribution in [0.3, 0.4) is 0 Å². The molecule has 4 rings (SSSR count). The van der Waals surface area contributed by atoms with E-state index in [9.17, 15) is 9.59 Å². The minimum atomic E-state index is -0.0978. The molecule has 0 fully saturated rings. The quantitative estimate of drug-likeness (QED) is 0.211. The van der Waals surface area contributed by atoms with Crippen LogP contribution in [-0.4, -0.2) is 21.2 Å². The summed E-state index contributed by atoms with van der Waals surface area (Å²) in [4.78, 5) is 33.3. The van der Waals surface area contributed by atoms with Gasteiger partial charge in [0.1, 0.15) is 4.83 Å². The largest absolute Gasteiger partial charge is 0.348 e. The Morgan fingerprint density at radius 3 is 2.80 bits per heavy atom. The molecule has 0 radical (unpaired) electrons. The van der Waals surface area contributed by atoms with Crippen molar-refractivity contribution in [2.24, 2.45) is 0 Å². The van der Waals surface area contributed by atoms with Crippen LogP contribution in [0.25, 0.3) is 20.7 Å². The molecule has 0 aliphatic rings. The number of fused-ring (bicyclic) bond motifs is 1. The van der Waals surface area contributed by atoms with Crippen LogP contribution in [0.4, 0.5) is 0 Å². The Morgan fingerprint density at radius 1 is 1.30 bits per heavy atom. The lowest BCUT2D eigenvalue weighted by Crippen LogP contribution is -2.28. The van der Waals surface area contributed by atoms with Crippen LogP contribution in [-0.2, 0) is 11.3 Å². The number of hydrogen-bond donors (Lipinski definition) is 1. The Kier molecular flexibility index (Phi) is 6.52. The first kappa shape index (κ1) is 21.0. The summed E-state index contributed by atoms with van der Waals surface area (Å²) >= 11 is 5.94. The van der Waals surface area contributed by atoms with E-state index in [4.69, 9.17) is 4.98 Å². The standard InChI is InChI=1S/C21H19N3O2S4/c1-3-8-24-20(26)18-14(16-7-5-10-28-16)11-29-19(18)23-21(24)30-12-17(25)22-13(2)15-6-4-9-27-15/h3-7,9-11,13H,1,8,12H2,2H3,(H,22,25). The molecule has 0 saturated heterocycles. The third kappa shape index (κ3) is 4.29. The van der Waals surface area contributed by atoms with Gasteiger partial charge in [-0.1, -0.05) is 30.0 Å². The molecule has 0 saturated carbocycles. The highest BCUT2D eigenvalue weighted by molar-refractivity contribution is 7.99. The van der Waals surface area contributed by atoms with Crippen molar-refractivity contribution in [2.45, 2.75) is 24.7 Å². The van der Waals surface area contributed by atoms with Crippen molar-refractivity contribution in [2.75, 3.05) is 5.75 Å². The van der Waals surface area contributed by atoms with Gasteiger partial charge in [0.2, 0.25) is 5.91 Å². The Balaban J connectivity index is 1.59. The number of amides is 1. The number of thioether (sulfide) groups is 1. The highest BCUT2D eigenvalue weighted by Gasteiger charge is 2.18. The second-order valence-corrected chi connectivity index (χ2v) is 10.2. The first-order chi connectivity index (χ1) is 14.6. The van der Waals surface area contributed by atoms with Gasteiger partial charge in [-0.05, 0) is 29.8 Å². The van der Waals surface area contributed by atoms with Gasteiger partial charge in [-0.25, -0.2) is 4.98 Å². The van der Waals surface area contributed by atoms with Gasteiger partial charge < -0.3 is 5.32 Å². The fourth-order valence-electron chi connectivity index (χ4n) is 3.04. The van der Waals surface area contributed by atoms with Crippen LogP contribution < -0.4 is 10.9 Å². The summed E-state index contributed by atoms with van der Waals surface area (Å²) in [6, 6.07) is 7.90. The number of thiophene rings is 3. The highest BCUT2D eigenvalue weighted by Crippen LogP contribution is 2.34. The van der Waals surface area contributed by atoms with E-state index in [0.717, 1.165) is 15.3 Å². The molecule has 0 aliphatic heterocycles. The van der Waals surface area contributed by atoms with Gasteiger partial charge in [0.25, 0.3) is 5.56 Å². The van der Waals surface area contributed by atoms with E-state index >= 15 is 0 Å². The van der Waals surface area contributed by atoms with E-state index in [0.29, 0.717) is 21.9 Å². The van der Waals surface area contributed by atoms with Crippen LogP contribution in [0.2, 0.25) is 0 Å². The van der Waals surface area contributed by atoms with Crippen molar-refractivity contribution in [1.82, 2.24) is 14.9 Å². The van der Waals surface area contributed by atoms with Crippen molar-refractivity contribution < 1.29 is 4.79 Å². The minimum Gasteiger partial charge on any atom is -0.348 e. The van der Waals surface area contributed by atoms with Crippen molar-refractivity contribution in [3.8, 4) is 10.4 Å². The molecule has 1 amide bonds. The van der Waals surface area contributed by atoms with Crippen LogP contribution in [0.5, 0.6) is 0 Å². The Bertz CT molecular complexity index is 1220. The fraction of sp³-hybridized carbons (Fsp3) is 0.190. The van der Waals surface area contributed by atoms with Gasteiger partial charge in [-0.3, -0.25) is 14.2 Å². The summed E-state index contributed by atoms with van der Waals surface area (Å²) in [5.41, 5.74) is 0.818. The molecule has 1 N–H and O–H groups in total. The van der Waals surface area contributed by atoms with E-state index < -0.39 is 0 Å². The molecule has 0 bridgehead atoms. The topological polar surface area (TPSA) is 64.0 Å². The van der Waals surface area contributed by atoms with Gasteiger partial charge in [-0.2, -0.15) is 0 Å². The molecule has 1 atom stereocenters. The van der Waals surface area contributed by atoms with E-state index in [2.05, 4.69) is 11.9 Å². The first-order valence-electron chi connectivity index (χ1n) is 9.21. The van der Waals surface area contributed by atoms with E-state index in [1.807, 2.05) is 47.3 Å². The number of hydrogen-bond acceptors (Lipinski definition) is 7. The van der Waals surface area contributed by atoms with E-state index in [1.165, 1.54) is 23.1 Å². The fourth-order valence-corrected chi connectivity index (χ4v) is 6.40. The molecule has 9 heteroatoms. The second kappa shape index (κ2) is 9.30. The maximum absolute atomic E-state index is 13.3. The Morgan fingerprint density at radius 2 is 2.10 bits per heavy atom. The van der Waals surface area contributed by atoms with E-state index in [1.54, 1.807) is 33.3 Å². The Hall–Kier alpha value is -2.20. The molecular formula is C21H19N3O2S4. The second-order valence-electron chi connectivity index (χ2n) is 6.50. The molecule has 0 aromatic carbocycles. The summed E-state index contributed by atoms with van der Waals surface area (Å²) < 4.78 is 1.60. The Labute approximate surface area is 190 Å². The molecule has 4 aromatic rings. The average Bonchev–Trinajstić information content (AvgIpc) is 3.49. The minimum absolute atomic E-state index is 0.0467. The first-order valence-corrected chi connectivity index (χ1v) is 12.8. The summed E-state index contributed by atoms with van der Waals surface area (Å²) in [5, 5.41) is 10.1. The maximum atomic E-state index is 13.3. The smallest absolute Gasteiger partial charge is 0.263 e. The molecule has 4 aromatic heterocycles. The maximum Gasteiger partial charge on any atom is 0.263 e. The van der Waals surface area contributed by atoms with E-state index in [-0.39, 0.29) is 23.3 Å². The third-order valence-electron chi connectivity index (χ3n) is 4.44. The number of carbonyl (C=O) groups excluding carboxylic acids is 1. The predicted molar refractivity (Wildman–Crippen MR) is 129 cm³/mol. The van der Waals surface area contributed by atoms with Gasteiger partial charge in [0.15, 0.2) is 5.16 Å². The number of rotatable bonds is 8. The van der Waals surface area contributed by atoms with Gasteiger partial charge >= 0.3 is 0 Å². The lowest BCUT2D eigenvalue weighted by atomic mass is 10.2. The monoisotopic (exact) mass is 473 g/mol. The normalized spacial score (nSPS) is 12.2. The van der Waals surface area contributed by atoms with Gasteiger partial charge in [0, 0.05) is 27.2 Å². The number of nitrogens with zero attached hydrogens (tertiary/aromatic N) is 2. The zero-order chi connectivity index (χ0) is 21.1. The summed E-state index contributed by atoms with van der Waals surface area (Å²) in [5.74, 6) is 0.0967. The molecule has 4 heterocycles. The zero-order valence-electron chi connectivity index (χ0n) is 16.2. The lowest BCUT2D eigenvalue weighted by molar-refractivity contribution is -0.119. The summed E-state index contributed by atoms with van der Waals surface area (Å²) in [6.45, 7) is 6.08. The molecule has 154 valence electrons. The predicted octanol–water partition coefficient (Wildman–Crippen LogP) is 5.40. The number of aromatic nitrogens is 2.